The molecule has 108 valence electrons. The number of hydrogen-bond acceptors (Lipinski definition) is 4. The lowest BCUT2D eigenvalue weighted by Crippen LogP contribution is -2.17. The fourth-order valence-corrected chi connectivity index (χ4v) is 1.82. The highest BCUT2D eigenvalue weighted by Crippen LogP contribution is 2.33. The van der Waals surface area contributed by atoms with Crippen LogP contribution < -0.4 is 9.47 Å². The van der Waals surface area contributed by atoms with Gasteiger partial charge in [-0.25, -0.2) is 4.98 Å². The zero-order chi connectivity index (χ0) is 14.8. The second kappa shape index (κ2) is 5.70. The lowest BCUT2D eigenvalue weighted by molar-refractivity contribution is -0.274. The molecule has 0 aliphatic carbocycles. The van der Waals surface area contributed by atoms with E-state index in [1.54, 1.807) is 7.05 Å². The fourth-order valence-electron chi connectivity index (χ4n) is 1.38. The van der Waals surface area contributed by atoms with Gasteiger partial charge >= 0.3 is 6.36 Å². The Hall–Kier alpha value is -1.77. The van der Waals surface area contributed by atoms with E-state index in [4.69, 9.17) is 4.74 Å². The van der Waals surface area contributed by atoms with Gasteiger partial charge in [0.25, 0.3) is 0 Å². The van der Waals surface area contributed by atoms with Crippen molar-refractivity contribution < 1.29 is 22.6 Å². The average molecular weight is 352 g/mol. The van der Waals surface area contributed by atoms with E-state index in [0.717, 1.165) is 0 Å². The van der Waals surface area contributed by atoms with Crippen LogP contribution in [0.15, 0.2) is 29.0 Å². The number of aryl methyl sites for hydroxylation is 1. The maximum Gasteiger partial charge on any atom is 0.573 e. The van der Waals surface area contributed by atoms with Gasteiger partial charge in [0.2, 0.25) is 0 Å². The number of rotatable bonds is 4. The quantitative estimate of drug-likeness (QED) is 0.849. The van der Waals surface area contributed by atoms with Crippen LogP contribution in [0.2, 0.25) is 0 Å². The van der Waals surface area contributed by atoms with Crippen LogP contribution in [0, 0.1) is 0 Å². The molecular formula is C11H9BrF3N3O2. The van der Waals surface area contributed by atoms with Crippen molar-refractivity contribution in [1.29, 1.82) is 0 Å². The second-order valence-corrected chi connectivity index (χ2v) is 4.58. The first-order chi connectivity index (χ1) is 9.35. The summed E-state index contributed by atoms with van der Waals surface area (Å²) in [5.74, 6) is 0.648. The molecule has 1 aromatic carbocycles. The zero-order valence-corrected chi connectivity index (χ0v) is 11.8. The van der Waals surface area contributed by atoms with Crippen molar-refractivity contribution >= 4 is 15.9 Å². The Labute approximate surface area is 120 Å². The van der Waals surface area contributed by atoms with E-state index in [-0.39, 0.29) is 16.8 Å². The van der Waals surface area contributed by atoms with Crippen LogP contribution in [0.25, 0.3) is 0 Å². The van der Waals surface area contributed by atoms with Crippen molar-refractivity contribution in [3.8, 4) is 11.5 Å². The van der Waals surface area contributed by atoms with Gasteiger partial charge in [0.15, 0.2) is 5.82 Å². The van der Waals surface area contributed by atoms with Crippen LogP contribution in [-0.2, 0) is 13.7 Å². The maximum absolute atomic E-state index is 12.1. The van der Waals surface area contributed by atoms with E-state index in [1.165, 1.54) is 29.2 Å². The second-order valence-electron chi connectivity index (χ2n) is 3.73. The lowest BCUT2D eigenvalue weighted by Gasteiger charge is -2.12. The number of halogens is 4. The van der Waals surface area contributed by atoms with Crippen molar-refractivity contribution in [3.05, 3.63) is 34.8 Å². The van der Waals surface area contributed by atoms with Gasteiger partial charge in [-0.05, 0) is 34.1 Å². The summed E-state index contributed by atoms with van der Waals surface area (Å²) < 4.78 is 47.2. The normalized spacial score (nSPS) is 11.4. The van der Waals surface area contributed by atoms with Crippen molar-refractivity contribution in [2.24, 2.45) is 7.05 Å². The predicted octanol–water partition coefficient (Wildman–Crippen LogP) is 3.06. The van der Waals surface area contributed by atoms with Crippen LogP contribution in [0.3, 0.4) is 0 Å². The third-order valence-corrected chi connectivity index (χ3v) is 2.92. The molecule has 2 aromatic rings. The van der Waals surface area contributed by atoms with Crippen molar-refractivity contribution in [2.45, 2.75) is 13.0 Å². The van der Waals surface area contributed by atoms with E-state index < -0.39 is 6.36 Å². The van der Waals surface area contributed by atoms with Crippen LogP contribution in [-0.4, -0.2) is 21.1 Å². The van der Waals surface area contributed by atoms with E-state index in [2.05, 4.69) is 30.7 Å². The first kappa shape index (κ1) is 14.6. The molecule has 0 atom stereocenters. The summed E-state index contributed by atoms with van der Waals surface area (Å²) in [4.78, 5) is 3.96. The monoisotopic (exact) mass is 351 g/mol. The molecule has 2 rings (SSSR count). The Morgan fingerprint density at radius 2 is 2.10 bits per heavy atom. The number of benzene rings is 1. The predicted molar refractivity (Wildman–Crippen MR) is 66.2 cm³/mol. The van der Waals surface area contributed by atoms with Gasteiger partial charge in [0, 0.05) is 7.05 Å². The third kappa shape index (κ3) is 3.86. The van der Waals surface area contributed by atoms with Crippen molar-refractivity contribution in [2.75, 3.05) is 0 Å². The lowest BCUT2D eigenvalue weighted by atomic mass is 10.3. The molecular weight excluding hydrogens is 343 g/mol. The minimum atomic E-state index is -4.73. The molecule has 20 heavy (non-hydrogen) atoms. The molecule has 1 aromatic heterocycles. The minimum absolute atomic E-state index is 0.144. The Bertz CT molecular complexity index is 601. The Kier molecular flexibility index (Phi) is 4.17. The third-order valence-electron chi connectivity index (χ3n) is 2.30. The Morgan fingerprint density at radius 3 is 2.65 bits per heavy atom. The number of nitrogens with zero attached hydrogens (tertiary/aromatic N) is 3. The summed E-state index contributed by atoms with van der Waals surface area (Å²) in [6.45, 7) is 0.155. The molecule has 0 aliphatic heterocycles. The molecule has 1 heterocycles. The van der Waals surface area contributed by atoms with Crippen molar-refractivity contribution in [3.63, 3.8) is 0 Å². The van der Waals surface area contributed by atoms with Gasteiger partial charge in [-0.3, -0.25) is 4.68 Å². The summed E-state index contributed by atoms with van der Waals surface area (Å²) in [5.41, 5.74) is 0. The zero-order valence-electron chi connectivity index (χ0n) is 10.2. The van der Waals surface area contributed by atoms with E-state index in [1.807, 2.05) is 0 Å². The van der Waals surface area contributed by atoms with Gasteiger partial charge in [0.1, 0.15) is 24.4 Å². The Balaban J connectivity index is 2.04. The molecule has 0 amide bonds. The molecule has 0 bridgehead atoms. The number of alkyl halides is 3. The highest BCUT2D eigenvalue weighted by molar-refractivity contribution is 9.10. The molecule has 0 saturated carbocycles. The van der Waals surface area contributed by atoms with Gasteiger partial charge in [-0.2, -0.15) is 5.10 Å². The number of hydrogen-bond donors (Lipinski definition) is 0. The smallest absolute Gasteiger partial charge is 0.486 e. The molecule has 0 fully saturated rings. The maximum atomic E-state index is 12.1. The molecule has 0 radical (unpaired) electrons. The minimum Gasteiger partial charge on any atom is -0.486 e. The van der Waals surface area contributed by atoms with Gasteiger partial charge in [-0.1, -0.05) is 0 Å². The van der Waals surface area contributed by atoms with Gasteiger partial charge in [-0.15, -0.1) is 13.2 Å². The van der Waals surface area contributed by atoms with Crippen LogP contribution in [0.4, 0.5) is 13.2 Å². The molecule has 0 spiro atoms. The molecule has 0 unspecified atom stereocenters. The van der Waals surface area contributed by atoms with E-state index in [9.17, 15) is 13.2 Å². The SMILES string of the molecule is Cn1ncnc1COc1ccc(OC(F)(F)F)c(Br)c1. The summed E-state index contributed by atoms with van der Waals surface area (Å²) in [5, 5.41) is 3.87. The summed E-state index contributed by atoms with van der Waals surface area (Å²) in [7, 11) is 1.71. The summed E-state index contributed by atoms with van der Waals surface area (Å²) in [6, 6.07) is 3.93. The molecule has 9 heteroatoms. The van der Waals surface area contributed by atoms with Crippen LogP contribution >= 0.6 is 15.9 Å². The van der Waals surface area contributed by atoms with Gasteiger partial charge < -0.3 is 9.47 Å². The van der Waals surface area contributed by atoms with E-state index in [0.29, 0.717) is 11.6 Å². The number of ether oxygens (including phenoxy) is 2. The largest absolute Gasteiger partial charge is 0.573 e. The molecule has 0 N–H and O–H groups in total. The van der Waals surface area contributed by atoms with Crippen LogP contribution in [0.1, 0.15) is 5.82 Å². The van der Waals surface area contributed by atoms with Crippen LogP contribution in [0.5, 0.6) is 11.5 Å². The molecule has 0 saturated heterocycles. The van der Waals surface area contributed by atoms with E-state index >= 15 is 0 Å². The van der Waals surface area contributed by atoms with Crippen molar-refractivity contribution in [1.82, 2.24) is 14.8 Å². The fraction of sp³-hybridized carbons (Fsp3) is 0.273. The highest BCUT2D eigenvalue weighted by Gasteiger charge is 2.31. The summed E-state index contributed by atoms with van der Waals surface area (Å²) in [6.07, 6.45) is -3.35. The standard InChI is InChI=1S/C11H9BrF3N3O2/c1-18-10(16-6-17-18)5-19-7-2-3-9(8(12)4-7)20-11(13,14)15/h2-4,6H,5H2,1H3. The molecule has 0 aliphatic rings. The summed E-state index contributed by atoms with van der Waals surface area (Å²) >= 11 is 2.99. The number of aromatic nitrogens is 3. The first-order valence-corrected chi connectivity index (χ1v) is 6.15. The highest BCUT2D eigenvalue weighted by atomic mass is 79.9. The molecule has 5 nitrogen and oxygen atoms in total. The van der Waals surface area contributed by atoms with Gasteiger partial charge in [0.05, 0.1) is 4.47 Å². The average Bonchev–Trinajstić information content (AvgIpc) is 2.74. The first-order valence-electron chi connectivity index (χ1n) is 5.36. The topological polar surface area (TPSA) is 49.2 Å². The Morgan fingerprint density at radius 1 is 1.35 bits per heavy atom.